The summed E-state index contributed by atoms with van der Waals surface area (Å²) in [4.78, 5) is 11.9. The maximum Gasteiger partial charge on any atom is 0.159 e. The Balaban J connectivity index is 1.84. The summed E-state index contributed by atoms with van der Waals surface area (Å²) in [7, 11) is 0. The number of benzene rings is 2. The van der Waals surface area contributed by atoms with E-state index in [2.05, 4.69) is 36.4 Å². The van der Waals surface area contributed by atoms with Crippen LogP contribution in [0.3, 0.4) is 0 Å². The van der Waals surface area contributed by atoms with E-state index in [9.17, 15) is 9.90 Å². The van der Waals surface area contributed by atoms with Crippen LogP contribution in [-0.2, 0) is 36.9 Å². The van der Waals surface area contributed by atoms with Gasteiger partial charge < -0.3 is 5.11 Å². The molecule has 0 spiro atoms. The molecule has 0 saturated heterocycles. The molecule has 4 bridgehead atoms. The fourth-order valence-corrected chi connectivity index (χ4v) is 3.81. The smallest absolute Gasteiger partial charge is 0.159 e. The first-order valence-electron chi connectivity index (χ1n) is 8.28. The van der Waals surface area contributed by atoms with E-state index in [0.29, 0.717) is 12.0 Å². The van der Waals surface area contributed by atoms with Crippen LogP contribution in [0.1, 0.15) is 40.3 Å². The van der Waals surface area contributed by atoms with Crippen LogP contribution < -0.4 is 0 Å². The molecule has 2 aromatic rings. The molecule has 2 aromatic carbocycles. The average molecular weight is 304 g/mol. The third-order valence-electron chi connectivity index (χ3n) is 5.19. The van der Waals surface area contributed by atoms with Crippen LogP contribution in [0.2, 0.25) is 0 Å². The lowest BCUT2D eigenvalue weighted by molar-refractivity contribution is -0.113. The number of aliphatic hydroxyl groups excluding tert-OH is 1. The van der Waals surface area contributed by atoms with Crippen LogP contribution in [0.25, 0.3) is 5.76 Å². The average Bonchev–Trinajstić information content (AvgIpc) is 2.88. The molecule has 0 amide bonds. The van der Waals surface area contributed by atoms with E-state index in [-0.39, 0.29) is 11.5 Å². The Morgan fingerprint density at radius 2 is 1.43 bits per heavy atom. The first kappa shape index (κ1) is 14.3. The van der Waals surface area contributed by atoms with Gasteiger partial charge in [0.1, 0.15) is 5.76 Å². The Bertz CT molecular complexity index is 826. The van der Waals surface area contributed by atoms with Crippen LogP contribution in [0.15, 0.2) is 42.0 Å². The number of allylic oxidation sites excluding steroid dienone is 1. The summed E-state index contributed by atoms with van der Waals surface area (Å²) in [5.41, 5.74) is 7.75. The molecule has 0 fully saturated rings. The van der Waals surface area contributed by atoms with E-state index in [4.69, 9.17) is 0 Å². The van der Waals surface area contributed by atoms with Gasteiger partial charge in [0.25, 0.3) is 0 Å². The van der Waals surface area contributed by atoms with Crippen molar-refractivity contribution in [3.8, 4) is 0 Å². The van der Waals surface area contributed by atoms with Gasteiger partial charge in [-0.25, -0.2) is 0 Å². The monoisotopic (exact) mass is 304 g/mol. The number of Topliss-reactive ketones (excluding diaryl/α,β-unsaturated/α-hetero) is 1. The molecule has 1 N–H and O–H groups in total. The predicted octanol–water partition coefficient (Wildman–Crippen LogP) is 3.98. The van der Waals surface area contributed by atoms with Crippen LogP contribution in [-0.4, -0.2) is 10.9 Å². The second kappa shape index (κ2) is 5.38. The fourth-order valence-electron chi connectivity index (χ4n) is 3.81. The van der Waals surface area contributed by atoms with E-state index >= 15 is 0 Å². The predicted molar refractivity (Wildman–Crippen MR) is 91.6 cm³/mol. The lowest BCUT2D eigenvalue weighted by atomic mass is 9.89. The van der Waals surface area contributed by atoms with Gasteiger partial charge in [0.05, 0.1) is 0 Å². The molecular formula is C21H20O2. The van der Waals surface area contributed by atoms with Crippen LogP contribution in [0.5, 0.6) is 0 Å². The van der Waals surface area contributed by atoms with Gasteiger partial charge in [0, 0.05) is 17.6 Å². The summed E-state index contributed by atoms with van der Waals surface area (Å²) in [6, 6.07) is 13.2. The van der Waals surface area contributed by atoms with Gasteiger partial charge in [-0.2, -0.15) is 0 Å². The maximum absolute atomic E-state index is 11.9. The Morgan fingerprint density at radius 3 is 2.04 bits per heavy atom. The van der Waals surface area contributed by atoms with Crippen molar-refractivity contribution in [2.75, 3.05) is 0 Å². The normalized spacial score (nSPS) is 16.2. The topological polar surface area (TPSA) is 37.3 Å². The number of hydrogen-bond donors (Lipinski definition) is 1. The highest BCUT2D eigenvalue weighted by Crippen LogP contribution is 2.37. The molecule has 0 saturated carbocycles. The molecule has 0 aromatic heterocycles. The van der Waals surface area contributed by atoms with Crippen LogP contribution >= 0.6 is 0 Å². The minimum atomic E-state index is -0.0212. The summed E-state index contributed by atoms with van der Waals surface area (Å²) in [5.74, 6) is 0.197. The zero-order chi connectivity index (χ0) is 16.0. The third-order valence-corrected chi connectivity index (χ3v) is 5.19. The first-order valence-corrected chi connectivity index (χ1v) is 8.28. The summed E-state index contributed by atoms with van der Waals surface area (Å²) in [5, 5.41) is 10.6. The van der Waals surface area contributed by atoms with Gasteiger partial charge in [-0.3, -0.25) is 4.79 Å². The number of carbonyl (C=O) groups is 1. The van der Waals surface area contributed by atoms with Crippen molar-refractivity contribution in [1.29, 1.82) is 0 Å². The number of aliphatic hydroxyl groups is 1. The van der Waals surface area contributed by atoms with Crippen LogP contribution in [0.4, 0.5) is 0 Å². The highest BCUT2D eigenvalue weighted by Gasteiger charge is 2.28. The number of aryl methyl sites for hydroxylation is 4. The molecule has 116 valence electrons. The summed E-state index contributed by atoms with van der Waals surface area (Å²) < 4.78 is 0. The van der Waals surface area contributed by atoms with Gasteiger partial charge in [0.2, 0.25) is 0 Å². The molecule has 0 radical (unpaired) electrons. The highest BCUT2D eigenvalue weighted by atomic mass is 16.3. The minimum Gasteiger partial charge on any atom is -0.507 e. The molecule has 0 aliphatic heterocycles. The van der Waals surface area contributed by atoms with Crippen molar-refractivity contribution in [1.82, 2.24) is 0 Å². The van der Waals surface area contributed by atoms with Gasteiger partial charge in [0.15, 0.2) is 5.78 Å². The molecular weight excluding hydrogens is 284 g/mol. The molecule has 2 heteroatoms. The SMILES string of the molecule is CC(=O)C1=C(O)c2c3ccc(c2C1)CCc1ccc(cc1)CC3. The minimum absolute atomic E-state index is 0.0212. The number of ketones is 1. The van der Waals surface area contributed by atoms with Gasteiger partial charge in [-0.1, -0.05) is 36.4 Å². The summed E-state index contributed by atoms with van der Waals surface area (Å²) in [6.45, 7) is 1.55. The van der Waals surface area contributed by atoms with Gasteiger partial charge in [-0.15, -0.1) is 0 Å². The standard InChI is InChI=1S/C21H20O2/c1-13(22)18-12-19-16-8-6-14-2-4-15(5-3-14)7-9-17(11-10-16)20(19)21(18)23/h2-5,10-11,23H,6-9,12H2,1H3. The number of hydrogen-bond acceptors (Lipinski definition) is 2. The van der Waals surface area contributed by atoms with Crippen molar-refractivity contribution in [3.63, 3.8) is 0 Å². The zero-order valence-corrected chi connectivity index (χ0v) is 13.4. The van der Waals surface area contributed by atoms with Crippen LogP contribution in [0, 0.1) is 0 Å². The molecule has 23 heavy (non-hydrogen) atoms. The molecule has 0 unspecified atom stereocenters. The van der Waals surface area contributed by atoms with Gasteiger partial charge in [-0.05, 0) is 60.4 Å². The Labute approximate surface area is 136 Å². The van der Waals surface area contributed by atoms with E-state index < -0.39 is 0 Å². The first-order chi connectivity index (χ1) is 11.1. The van der Waals surface area contributed by atoms with Crippen molar-refractivity contribution in [2.45, 2.75) is 39.0 Å². The Hall–Kier alpha value is -2.35. The lowest BCUT2D eigenvalue weighted by Crippen LogP contribution is -2.04. The molecule has 5 aliphatic carbocycles. The second-order valence-electron chi connectivity index (χ2n) is 6.61. The maximum atomic E-state index is 11.9. The van der Waals surface area contributed by atoms with Crippen molar-refractivity contribution in [3.05, 3.63) is 75.4 Å². The quantitative estimate of drug-likeness (QED) is 0.865. The summed E-state index contributed by atoms with van der Waals surface area (Å²) >= 11 is 0. The zero-order valence-electron chi connectivity index (χ0n) is 13.4. The van der Waals surface area contributed by atoms with E-state index in [0.717, 1.165) is 36.8 Å². The molecule has 7 rings (SSSR count). The highest BCUT2D eigenvalue weighted by molar-refractivity contribution is 6.03. The Morgan fingerprint density at radius 1 is 0.870 bits per heavy atom. The largest absolute Gasteiger partial charge is 0.507 e. The van der Waals surface area contributed by atoms with Crippen molar-refractivity contribution >= 4 is 11.5 Å². The van der Waals surface area contributed by atoms with Crippen molar-refractivity contribution < 1.29 is 9.90 Å². The third kappa shape index (κ3) is 2.39. The molecule has 0 heterocycles. The molecule has 2 nitrogen and oxygen atoms in total. The lowest BCUT2D eigenvalue weighted by Gasteiger charge is -2.16. The van der Waals surface area contributed by atoms with Crippen molar-refractivity contribution in [2.24, 2.45) is 0 Å². The van der Waals surface area contributed by atoms with E-state index in [1.165, 1.54) is 22.3 Å². The Kier molecular flexibility index (Phi) is 3.33. The number of carbonyl (C=O) groups excluding carboxylic acids is 1. The molecule has 5 aliphatic rings. The number of rotatable bonds is 1. The van der Waals surface area contributed by atoms with E-state index in [1.807, 2.05) is 0 Å². The fraction of sp³-hybridized carbons (Fsp3) is 0.286. The van der Waals surface area contributed by atoms with Gasteiger partial charge >= 0.3 is 0 Å². The molecule has 0 atom stereocenters. The van der Waals surface area contributed by atoms with E-state index in [1.54, 1.807) is 6.92 Å². The summed E-state index contributed by atoms with van der Waals surface area (Å²) in [6.07, 6.45) is 4.35. The second-order valence-corrected chi connectivity index (χ2v) is 6.61.